The molecule has 1 aromatic carbocycles. The predicted molar refractivity (Wildman–Crippen MR) is 69.6 cm³/mol. The second-order valence-corrected chi connectivity index (χ2v) is 5.30. The number of nitrogens with one attached hydrogen (secondary N) is 1. The molecule has 7 heteroatoms. The van der Waals surface area contributed by atoms with Gasteiger partial charge in [0.1, 0.15) is 0 Å². The lowest BCUT2D eigenvalue weighted by Crippen LogP contribution is -2.39. The summed E-state index contributed by atoms with van der Waals surface area (Å²) in [7, 11) is 0. The van der Waals surface area contributed by atoms with E-state index in [-0.39, 0.29) is 12.1 Å². The first-order valence-corrected chi connectivity index (χ1v) is 6.19. The first-order chi connectivity index (χ1) is 9.54. The number of alkyl halides is 3. The molecule has 0 spiro atoms. The van der Waals surface area contributed by atoms with Gasteiger partial charge in [-0.15, -0.1) is 0 Å². The second-order valence-electron chi connectivity index (χ2n) is 5.30. The summed E-state index contributed by atoms with van der Waals surface area (Å²) in [6.07, 6.45) is -4.98. The van der Waals surface area contributed by atoms with Gasteiger partial charge in [-0.05, 0) is 25.5 Å². The lowest BCUT2D eigenvalue weighted by atomic mass is 9.94. The number of rotatable bonds is 5. The molecule has 0 aromatic heterocycles. The number of aliphatic carboxylic acids is 1. The smallest absolute Gasteiger partial charge is 0.416 e. The molecular weight excluding hydrogens is 287 g/mol. The summed E-state index contributed by atoms with van der Waals surface area (Å²) in [5.74, 6) is -1.75. The van der Waals surface area contributed by atoms with Crippen LogP contribution in [0.3, 0.4) is 0 Å². The van der Waals surface area contributed by atoms with E-state index in [0.717, 1.165) is 6.07 Å². The molecule has 0 radical (unpaired) electrons. The predicted octanol–water partition coefficient (Wildman–Crippen LogP) is 2.47. The van der Waals surface area contributed by atoms with Crippen molar-refractivity contribution in [3.63, 3.8) is 0 Å². The molecule has 0 heterocycles. The van der Waals surface area contributed by atoms with Gasteiger partial charge in [0, 0.05) is 6.54 Å². The van der Waals surface area contributed by atoms with Crippen LogP contribution in [0, 0.1) is 5.41 Å². The van der Waals surface area contributed by atoms with Crippen LogP contribution in [0.1, 0.15) is 25.0 Å². The number of benzene rings is 1. The Morgan fingerprint density at radius 2 is 1.76 bits per heavy atom. The normalized spacial score (nSPS) is 12.0. The minimum Gasteiger partial charge on any atom is -0.481 e. The highest BCUT2D eigenvalue weighted by atomic mass is 19.4. The lowest BCUT2D eigenvalue weighted by Gasteiger charge is -2.19. The van der Waals surface area contributed by atoms with Crippen LogP contribution in [-0.2, 0) is 22.2 Å². The fourth-order valence-corrected chi connectivity index (χ4v) is 1.58. The van der Waals surface area contributed by atoms with Gasteiger partial charge >= 0.3 is 12.1 Å². The maximum atomic E-state index is 12.8. The zero-order valence-corrected chi connectivity index (χ0v) is 11.6. The van der Waals surface area contributed by atoms with Crippen LogP contribution in [0.4, 0.5) is 13.2 Å². The highest BCUT2D eigenvalue weighted by Gasteiger charge is 2.33. The fourth-order valence-electron chi connectivity index (χ4n) is 1.58. The first-order valence-electron chi connectivity index (χ1n) is 6.19. The van der Waals surface area contributed by atoms with E-state index in [1.165, 1.54) is 32.0 Å². The number of amides is 1. The first kappa shape index (κ1) is 17.0. The summed E-state index contributed by atoms with van der Waals surface area (Å²) < 4.78 is 38.3. The number of hydrogen-bond acceptors (Lipinski definition) is 2. The van der Waals surface area contributed by atoms with Crippen LogP contribution in [0.15, 0.2) is 24.3 Å². The van der Waals surface area contributed by atoms with Gasteiger partial charge in [0.25, 0.3) is 0 Å². The molecule has 0 aliphatic heterocycles. The third kappa shape index (κ3) is 4.77. The molecule has 0 aliphatic rings. The van der Waals surface area contributed by atoms with Crippen molar-refractivity contribution in [2.45, 2.75) is 26.4 Å². The number of carboxylic acid groups (broad SMARTS) is 1. The summed E-state index contributed by atoms with van der Waals surface area (Å²) >= 11 is 0. The van der Waals surface area contributed by atoms with Gasteiger partial charge in [0.2, 0.25) is 5.91 Å². The summed E-state index contributed by atoms with van der Waals surface area (Å²) in [6.45, 7) is 2.67. The van der Waals surface area contributed by atoms with Crippen molar-refractivity contribution < 1.29 is 27.9 Å². The number of carbonyl (C=O) groups excluding carboxylic acids is 1. The summed E-state index contributed by atoms with van der Waals surface area (Å²) in [5, 5.41) is 11.2. The van der Waals surface area contributed by atoms with Crippen molar-refractivity contribution in [2.24, 2.45) is 5.41 Å². The molecule has 0 saturated carbocycles. The van der Waals surface area contributed by atoms with Gasteiger partial charge in [-0.3, -0.25) is 9.59 Å². The summed E-state index contributed by atoms with van der Waals surface area (Å²) in [4.78, 5) is 22.6. The average molecular weight is 303 g/mol. The van der Waals surface area contributed by atoms with E-state index in [1.807, 2.05) is 0 Å². The van der Waals surface area contributed by atoms with Gasteiger partial charge in [-0.25, -0.2) is 0 Å². The minimum atomic E-state index is -4.53. The maximum Gasteiger partial charge on any atom is 0.416 e. The van der Waals surface area contributed by atoms with Crippen LogP contribution in [0.25, 0.3) is 0 Å². The van der Waals surface area contributed by atoms with Crippen molar-refractivity contribution >= 4 is 11.9 Å². The van der Waals surface area contributed by atoms with Gasteiger partial charge in [0.05, 0.1) is 17.4 Å². The van der Waals surface area contributed by atoms with E-state index in [2.05, 4.69) is 5.32 Å². The largest absolute Gasteiger partial charge is 0.481 e. The highest BCUT2D eigenvalue weighted by molar-refractivity contribution is 5.80. The van der Waals surface area contributed by atoms with E-state index in [0.29, 0.717) is 0 Å². The lowest BCUT2D eigenvalue weighted by molar-refractivity contribution is -0.146. The molecule has 21 heavy (non-hydrogen) atoms. The van der Waals surface area contributed by atoms with Crippen LogP contribution < -0.4 is 5.32 Å². The van der Waals surface area contributed by atoms with E-state index in [1.54, 1.807) is 0 Å². The number of carboxylic acids is 1. The second kappa shape index (κ2) is 6.15. The Morgan fingerprint density at radius 3 is 2.29 bits per heavy atom. The number of halogens is 3. The molecule has 0 bridgehead atoms. The molecule has 2 N–H and O–H groups in total. The Morgan fingerprint density at radius 1 is 1.19 bits per heavy atom. The monoisotopic (exact) mass is 303 g/mol. The van der Waals surface area contributed by atoms with Gasteiger partial charge in [-0.2, -0.15) is 13.2 Å². The molecule has 0 atom stereocenters. The Balaban J connectivity index is 2.75. The zero-order valence-electron chi connectivity index (χ0n) is 11.6. The van der Waals surface area contributed by atoms with E-state index in [9.17, 15) is 22.8 Å². The van der Waals surface area contributed by atoms with Crippen LogP contribution in [0.2, 0.25) is 0 Å². The standard InChI is InChI=1S/C14H16F3NO3/c1-13(2,12(20)21)8-18-11(19)7-9-5-3-4-6-10(9)14(15,16)17/h3-6H,7-8H2,1-2H3,(H,18,19)(H,20,21). The van der Waals surface area contributed by atoms with Crippen molar-refractivity contribution in [3.05, 3.63) is 35.4 Å². The molecule has 116 valence electrons. The molecule has 1 aromatic rings. The molecule has 4 nitrogen and oxygen atoms in total. The van der Waals surface area contributed by atoms with Gasteiger partial charge < -0.3 is 10.4 Å². The number of carbonyl (C=O) groups is 2. The average Bonchev–Trinajstić information content (AvgIpc) is 2.35. The molecule has 0 saturated heterocycles. The molecule has 0 unspecified atom stereocenters. The Hall–Kier alpha value is -2.05. The molecule has 1 rings (SSSR count). The van der Waals surface area contributed by atoms with E-state index in [4.69, 9.17) is 5.11 Å². The van der Waals surface area contributed by atoms with Crippen LogP contribution in [-0.4, -0.2) is 23.5 Å². The van der Waals surface area contributed by atoms with E-state index < -0.39 is 35.5 Å². The fraction of sp³-hybridized carbons (Fsp3) is 0.429. The minimum absolute atomic E-state index is 0.143. The zero-order chi connectivity index (χ0) is 16.3. The molecule has 0 fully saturated rings. The van der Waals surface area contributed by atoms with Gasteiger partial charge in [0.15, 0.2) is 0 Å². The quantitative estimate of drug-likeness (QED) is 0.878. The number of hydrogen-bond donors (Lipinski definition) is 2. The topological polar surface area (TPSA) is 66.4 Å². The third-order valence-electron chi connectivity index (χ3n) is 2.98. The summed E-state index contributed by atoms with van der Waals surface area (Å²) in [5.41, 5.74) is -2.19. The third-order valence-corrected chi connectivity index (χ3v) is 2.98. The van der Waals surface area contributed by atoms with Crippen molar-refractivity contribution in [3.8, 4) is 0 Å². The Bertz CT molecular complexity index is 539. The van der Waals surface area contributed by atoms with Crippen molar-refractivity contribution in [2.75, 3.05) is 6.54 Å². The maximum absolute atomic E-state index is 12.8. The van der Waals surface area contributed by atoms with Crippen LogP contribution in [0.5, 0.6) is 0 Å². The highest BCUT2D eigenvalue weighted by Crippen LogP contribution is 2.32. The molecular formula is C14H16F3NO3. The van der Waals surface area contributed by atoms with E-state index >= 15 is 0 Å². The van der Waals surface area contributed by atoms with Crippen LogP contribution >= 0.6 is 0 Å². The summed E-state index contributed by atoms with van der Waals surface area (Å²) in [6, 6.07) is 4.80. The van der Waals surface area contributed by atoms with Crippen molar-refractivity contribution in [1.82, 2.24) is 5.32 Å². The Kier molecular flexibility index (Phi) is 4.98. The SMILES string of the molecule is CC(C)(CNC(=O)Cc1ccccc1C(F)(F)F)C(=O)O. The Labute approximate surface area is 120 Å². The molecule has 1 amide bonds. The molecule has 0 aliphatic carbocycles. The van der Waals surface area contributed by atoms with Crippen molar-refractivity contribution in [1.29, 1.82) is 0 Å². The van der Waals surface area contributed by atoms with Gasteiger partial charge in [-0.1, -0.05) is 18.2 Å².